The molecule has 0 fully saturated rings. The Balaban J connectivity index is 2.11. The molecule has 2 rings (SSSR count). The quantitative estimate of drug-likeness (QED) is 0.769. The second-order valence-electron chi connectivity index (χ2n) is 6.34. The van der Waals surface area contributed by atoms with Gasteiger partial charge in [-0.3, -0.25) is 4.79 Å². The molecule has 0 heterocycles. The van der Waals surface area contributed by atoms with Crippen LogP contribution >= 0.6 is 11.6 Å². The summed E-state index contributed by atoms with van der Waals surface area (Å²) in [6, 6.07) is 11.5. The third-order valence-electron chi connectivity index (χ3n) is 4.11. The molecule has 0 unspecified atom stereocenters. The second-order valence-corrected chi connectivity index (χ2v) is 6.75. The molecule has 1 amide bonds. The number of halogens is 1. The molecular weight excluding hydrogens is 352 g/mol. The molecule has 0 radical (unpaired) electrons. The lowest BCUT2D eigenvalue weighted by Gasteiger charge is -2.21. The van der Waals surface area contributed by atoms with Gasteiger partial charge in [-0.05, 0) is 29.7 Å². The predicted octanol–water partition coefficient (Wildman–Crippen LogP) is 4.56. The molecule has 2 aromatic rings. The maximum Gasteiger partial charge on any atom is 0.243 e. The van der Waals surface area contributed by atoms with Crippen molar-refractivity contribution in [3.63, 3.8) is 0 Å². The van der Waals surface area contributed by atoms with E-state index in [0.29, 0.717) is 28.1 Å². The van der Waals surface area contributed by atoms with Crippen molar-refractivity contribution in [1.29, 1.82) is 0 Å². The molecule has 0 spiro atoms. The van der Waals surface area contributed by atoms with Gasteiger partial charge in [0.2, 0.25) is 5.91 Å². The minimum atomic E-state index is -0.165. The number of likely N-dealkylation sites (N-methyl/N-ethyl adjacent to an activating group) is 1. The highest BCUT2D eigenvalue weighted by molar-refractivity contribution is 6.32. The molecule has 0 aliphatic carbocycles. The smallest absolute Gasteiger partial charge is 0.243 e. The number of rotatable bonds is 7. The van der Waals surface area contributed by atoms with Crippen molar-refractivity contribution >= 4 is 28.9 Å². The van der Waals surface area contributed by atoms with Crippen LogP contribution < -0.4 is 19.7 Å². The van der Waals surface area contributed by atoms with Crippen LogP contribution in [0.15, 0.2) is 36.4 Å². The van der Waals surface area contributed by atoms with Gasteiger partial charge in [-0.2, -0.15) is 0 Å². The number of hydrogen-bond donors (Lipinski definition) is 1. The van der Waals surface area contributed by atoms with Gasteiger partial charge >= 0.3 is 0 Å². The van der Waals surface area contributed by atoms with Gasteiger partial charge in [0, 0.05) is 18.8 Å². The minimum Gasteiger partial charge on any atom is -0.495 e. The van der Waals surface area contributed by atoms with Crippen LogP contribution in [0.1, 0.15) is 25.3 Å². The van der Waals surface area contributed by atoms with E-state index in [4.69, 9.17) is 21.1 Å². The summed E-state index contributed by atoms with van der Waals surface area (Å²) in [7, 11) is 4.94. The largest absolute Gasteiger partial charge is 0.495 e. The van der Waals surface area contributed by atoms with Crippen molar-refractivity contribution < 1.29 is 14.3 Å². The summed E-state index contributed by atoms with van der Waals surface area (Å²) < 4.78 is 10.5. The molecule has 6 heteroatoms. The number of benzene rings is 2. The summed E-state index contributed by atoms with van der Waals surface area (Å²) in [5.41, 5.74) is 2.73. The summed E-state index contributed by atoms with van der Waals surface area (Å²) in [6.45, 7) is 4.49. The Bertz CT molecular complexity index is 778. The highest BCUT2D eigenvalue weighted by Gasteiger charge is 2.14. The maximum absolute atomic E-state index is 12.5. The number of amides is 1. The Labute approximate surface area is 159 Å². The van der Waals surface area contributed by atoms with E-state index in [1.165, 1.54) is 19.8 Å². The summed E-state index contributed by atoms with van der Waals surface area (Å²) in [5, 5.41) is 3.25. The Morgan fingerprint density at radius 3 is 2.46 bits per heavy atom. The van der Waals surface area contributed by atoms with Gasteiger partial charge in [0.05, 0.1) is 31.5 Å². The molecule has 0 saturated heterocycles. The first kappa shape index (κ1) is 19.9. The van der Waals surface area contributed by atoms with Gasteiger partial charge in [-0.1, -0.05) is 37.6 Å². The van der Waals surface area contributed by atoms with Crippen LogP contribution in [0, 0.1) is 0 Å². The van der Waals surface area contributed by atoms with Crippen LogP contribution in [-0.2, 0) is 4.79 Å². The van der Waals surface area contributed by atoms with E-state index in [1.807, 2.05) is 24.1 Å². The van der Waals surface area contributed by atoms with Crippen molar-refractivity contribution in [3.8, 4) is 11.5 Å². The molecule has 5 nitrogen and oxygen atoms in total. The van der Waals surface area contributed by atoms with E-state index < -0.39 is 0 Å². The molecule has 2 aromatic carbocycles. The molecule has 0 saturated carbocycles. The van der Waals surface area contributed by atoms with E-state index in [0.717, 1.165) is 5.69 Å². The van der Waals surface area contributed by atoms with E-state index >= 15 is 0 Å². The normalized spacial score (nSPS) is 10.6. The molecule has 140 valence electrons. The lowest BCUT2D eigenvalue weighted by molar-refractivity contribution is -0.114. The highest BCUT2D eigenvalue weighted by atomic mass is 35.5. The van der Waals surface area contributed by atoms with Gasteiger partial charge in [0.1, 0.15) is 11.5 Å². The number of nitrogens with one attached hydrogen (secondary N) is 1. The number of methoxy groups -OCH3 is 2. The van der Waals surface area contributed by atoms with Crippen LogP contribution in [0.3, 0.4) is 0 Å². The van der Waals surface area contributed by atoms with Crippen LogP contribution in [0.25, 0.3) is 0 Å². The lowest BCUT2D eigenvalue weighted by atomic mass is 10.0. The fourth-order valence-corrected chi connectivity index (χ4v) is 2.82. The first-order valence-corrected chi connectivity index (χ1v) is 8.76. The number of carbonyl (C=O) groups excluding carboxylic acids is 1. The van der Waals surface area contributed by atoms with Crippen molar-refractivity contribution in [1.82, 2.24) is 0 Å². The molecule has 0 aliphatic heterocycles. The minimum absolute atomic E-state index is 0.165. The molecule has 0 bridgehead atoms. The van der Waals surface area contributed by atoms with Crippen LogP contribution in [0.4, 0.5) is 11.4 Å². The SMILES string of the molecule is COc1cc(OC)c(NC(=O)CN(C)c2cccc(C(C)C)c2)cc1Cl. The van der Waals surface area contributed by atoms with Gasteiger partial charge < -0.3 is 19.7 Å². The second kappa shape index (κ2) is 8.81. The molecule has 26 heavy (non-hydrogen) atoms. The standard InChI is InChI=1S/C20H25ClN2O3/c1-13(2)14-7-6-8-15(9-14)23(3)12-20(24)22-17-10-16(21)18(25-4)11-19(17)26-5/h6-11,13H,12H2,1-5H3,(H,22,24). The lowest BCUT2D eigenvalue weighted by Crippen LogP contribution is -2.30. The fraction of sp³-hybridized carbons (Fsp3) is 0.350. The maximum atomic E-state index is 12.5. The van der Waals surface area contributed by atoms with Crippen molar-refractivity contribution in [2.75, 3.05) is 38.0 Å². The third-order valence-corrected chi connectivity index (χ3v) is 4.40. The average Bonchev–Trinajstić information content (AvgIpc) is 2.61. The summed E-state index contributed by atoms with van der Waals surface area (Å²) in [6.07, 6.45) is 0. The van der Waals surface area contributed by atoms with Crippen molar-refractivity contribution in [3.05, 3.63) is 47.0 Å². The Morgan fingerprint density at radius 1 is 1.15 bits per heavy atom. The molecule has 0 atom stereocenters. The van der Waals surface area contributed by atoms with E-state index in [9.17, 15) is 4.79 Å². The summed E-state index contributed by atoms with van der Waals surface area (Å²) >= 11 is 6.15. The average molecular weight is 377 g/mol. The Morgan fingerprint density at radius 2 is 1.85 bits per heavy atom. The summed E-state index contributed by atoms with van der Waals surface area (Å²) in [5.74, 6) is 1.25. The predicted molar refractivity (Wildman–Crippen MR) is 107 cm³/mol. The zero-order valence-electron chi connectivity index (χ0n) is 15.8. The summed E-state index contributed by atoms with van der Waals surface area (Å²) in [4.78, 5) is 14.4. The Kier molecular flexibility index (Phi) is 6.75. The third kappa shape index (κ3) is 4.82. The van der Waals surface area contributed by atoms with Crippen molar-refractivity contribution in [2.45, 2.75) is 19.8 Å². The number of carbonyl (C=O) groups is 1. The topological polar surface area (TPSA) is 50.8 Å². The van der Waals surface area contributed by atoms with Gasteiger partial charge in [0.25, 0.3) is 0 Å². The van der Waals surface area contributed by atoms with Crippen LogP contribution in [0.2, 0.25) is 5.02 Å². The molecule has 0 aromatic heterocycles. The van der Waals surface area contributed by atoms with E-state index in [-0.39, 0.29) is 12.5 Å². The fourth-order valence-electron chi connectivity index (χ4n) is 2.58. The first-order chi connectivity index (χ1) is 12.3. The Hall–Kier alpha value is -2.40. The number of ether oxygens (including phenoxy) is 2. The van der Waals surface area contributed by atoms with Gasteiger partial charge in [-0.25, -0.2) is 0 Å². The number of anilines is 2. The highest BCUT2D eigenvalue weighted by Crippen LogP contribution is 2.35. The number of hydrogen-bond acceptors (Lipinski definition) is 4. The molecular formula is C20H25ClN2O3. The zero-order chi connectivity index (χ0) is 19.3. The van der Waals surface area contributed by atoms with Crippen LogP contribution in [0.5, 0.6) is 11.5 Å². The first-order valence-electron chi connectivity index (χ1n) is 8.38. The van der Waals surface area contributed by atoms with Crippen LogP contribution in [-0.4, -0.2) is 33.7 Å². The number of nitrogens with zero attached hydrogens (tertiary/aromatic N) is 1. The molecule has 1 N–H and O–H groups in total. The van der Waals surface area contributed by atoms with Crippen molar-refractivity contribution in [2.24, 2.45) is 0 Å². The zero-order valence-corrected chi connectivity index (χ0v) is 16.6. The van der Waals surface area contributed by atoms with E-state index in [1.54, 1.807) is 12.1 Å². The molecule has 0 aliphatic rings. The van der Waals surface area contributed by atoms with Gasteiger partial charge in [0.15, 0.2) is 0 Å². The van der Waals surface area contributed by atoms with Gasteiger partial charge in [-0.15, -0.1) is 0 Å². The monoisotopic (exact) mass is 376 g/mol. The van der Waals surface area contributed by atoms with E-state index in [2.05, 4.69) is 31.3 Å².